The van der Waals surface area contributed by atoms with E-state index in [1.165, 1.54) is 12.1 Å². The molecule has 2 N–H and O–H groups in total. The summed E-state index contributed by atoms with van der Waals surface area (Å²) >= 11 is 3.11. The largest absolute Gasteiger partial charge is 0.455 e. The van der Waals surface area contributed by atoms with Gasteiger partial charge in [0.15, 0.2) is 0 Å². The Labute approximate surface area is 108 Å². The van der Waals surface area contributed by atoms with Crippen molar-refractivity contribution in [2.24, 2.45) is 0 Å². The monoisotopic (exact) mass is 333 g/mol. The maximum atomic E-state index is 12.5. The Kier molecular flexibility index (Phi) is 4.55. The average molecular weight is 334 g/mol. The van der Waals surface area contributed by atoms with E-state index in [0.29, 0.717) is 15.7 Å². The quantitative estimate of drug-likeness (QED) is 0.672. The molecule has 0 aromatic heterocycles. The maximum absolute atomic E-state index is 12.5. The van der Waals surface area contributed by atoms with Gasteiger partial charge in [0.25, 0.3) is 0 Å². The summed E-state index contributed by atoms with van der Waals surface area (Å²) in [6.45, 7) is -2.10. The van der Waals surface area contributed by atoms with Gasteiger partial charge in [-0.25, -0.2) is 0 Å². The zero-order chi connectivity index (χ0) is 14.0. The molecule has 0 amide bonds. The Morgan fingerprint density at radius 2 is 1.72 bits per heavy atom. The molecule has 0 heterocycles. The number of nitrogens with two attached hydrogens (primary N) is 1. The standard InChI is InChI=1S/C10H9BrF5NO/c11-7-1-6(2-8(17)3-7)4-18-5-9(12,13)10(14,15)16/h1-3H,4-5,17H2. The van der Waals surface area contributed by atoms with E-state index in [4.69, 9.17) is 5.73 Å². The molecule has 0 radical (unpaired) electrons. The lowest BCUT2D eigenvalue weighted by Gasteiger charge is -2.19. The maximum Gasteiger partial charge on any atom is 0.455 e. The SMILES string of the molecule is Nc1cc(Br)cc(COCC(F)(F)C(F)(F)F)c1. The van der Waals surface area contributed by atoms with Gasteiger partial charge in [-0.1, -0.05) is 15.9 Å². The van der Waals surface area contributed by atoms with E-state index in [0.717, 1.165) is 0 Å². The van der Waals surface area contributed by atoms with Crippen LogP contribution in [0.5, 0.6) is 0 Å². The molecule has 0 aliphatic rings. The number of benzene rings is 1. The van der Waals surface area contributed by atoms with E-state index in [1.54, 1.807) is 6.07 Å². The first-order valence-electron chi connectivity index (χ1n) is 4.69. The summed E-state index contributed by atoms with van der Waals surface area (Å²) in [6.07, 6.45) is -5.61. The third kappa shape index (κ3) is 4.09. The van der Waals surface area contributed by atoms with Gasteiger partial charge in [0.05, 0.1) is 6.61 Å². The van der Waals surface area contributed by atoms with Crippen molar-refractivity contribution < 1.29 is 26.7 Å². The van der Waals surface area contributed by atoms with Crippen molar-refractivity contribution in [2.45, 2.75) is 18.7 Å². The molecule has 8 heteroatoms. The number of hydrogen-bond acceptors (Lipinski definition) is 2. The predicted molar refractivity (Wildman–Crippen MR) is 59.2 cm³/mol. The van der Waals surface area contributed by atoms with Gasteiger partial charge < -0.3 is 10.5 Å². The Bertz CT molecular complexity index is 401. The van der Waals surface area contributed by atoms with Gasteiger partial charge in [0.1, 0.15) is 6.61 Å². The van der Waals surface area contributed by atoms with Gasteiger partial charge in [-0.15, -0.1) is 0 Å². The molecule has 0 atom stereocenters. The van der Waals surface area contributed by atoms with Crippen LogP contribution in [0.3, 0.4) is 0 Å². The van der Waals surface area contributed by atoms with Crippen molar-refractivity contribution in [3.8, 4) is 0 Å². The first-order chi connectivity index (χ1) is 8.12. The summed E-state index contributed by atoms with van der Waals surface area (Å²) in [6, 6.07) is 4.51. The normalized spacial score (nSPS) is 12.8. The van der Waals surface area contributed by atoms with Crippen LogP contribution in [0.1, 0.15) is 5.56 Å². The van der Waals surface area contributed by atoms with Crippen LogP contribution in [-0.4, -0.2) is 18.7 Å². The molecule has 18 heavy (non-hydrogen) atoms. The first-order valence-corrected chi connectivity index (χ1v) is 5.48. The lowest BCUT2D eigenvalue weighted by atomic mass is 10.2. The second-order valence-electron chi connectivity index (χ2n) is 3.59. The molecule has 0 spiro atoms. The molecular weight excluding hydrogens is 325 g/mol. The number of alkyl halides is 5. The summed E-state index contributed by atoms with van der Waals surface area (Å²) in [5.74, 6) is -4.86. The summed E-state index contributed by atoms with van der Waals surface area (Å²) in [5, 5.41) is 0. The molecule has 2 nitrogen and oxygen atoms in total. The number of halogens is 6. The van der Waals surface area contributed by atoms with Crippen molar-refractivity contribution in [3.05, 3.63) is 28.2 Å². The van der Waals surface area contributed by atoms with E-state index in [-0.39, 0.29) is 6.61 Å². The van der Waals surface area contributed by atoms with Gasteiger partial charge >= 0.3 is 12.1 Å². The summed E-state index contributed by atoms with van der Waals surface area (Å²) in [7, 11) is 0. The fourth-order valence-corrected chi connectivity index (χ4v) is 1.70. The molecule has 0 aliphatic heterocycles. The molecule has 102 valence electrons. The van der Waals surface area contributed by atoms with E-state index >= 15 is 0 Å². The van der Waals surface area contributed by atoms with Gasteiger partial charge in [-0.3, -0.25) is 0 Å². The zero-order valence-electron chi connectivity index (χ0n) is 8.90. The molecule has 0 aliphatic carbocycles. The van der Waals surface area contributed by atoms with Crippen molar-refractivity contribution in [2.75, 3.05) is 12.3 Å². The Balaban J connectivity index is 2.57. The number of anilines is 1. The first kappa shape index (κ1) is 15.2. The molecule has 1 rings (SSSR count). The van der Waals surface area contributed by atoms with Crippen molar-refractivity contribution in [1.82, 2.24) is 0 Å². The van der Waals surface area contributed by atoms with Crippen LogP contribution in [0.25, 0.3) is 0 Å². The molecule has 1 aromatic rings. The lowest BCUT2D eigenvalue weighted by molar-refractivity contribution is -0.297. The highest BCUT2D eigenvalue weighted by Gasteiger charge is 2.57. The summed E-state index contributed by atoms with van der Waals surface area (Å²) in [4.78, 5) is 0. The number of ether oxygens (including phenoxy) is 1. The number of rotatable bonds is 4. The topological polar surface area (TPSA) is 35.2 Å². The van der Waals surface area contributed by atoms with Crippen molar-refractivity contribution in [1.29, 1.82) is 0 Å². The Hall–Kier alpha value is -0.890. The van der Waals surface area contributed by atoms with Crippen molar-refractivity contribution >= 4 is 21.6 Å². The molecule has 0 saturated heterocycles. The smallest absolute Gasteiger partial charge is 0.399 e. The van der Waals surface area contributed by atoms with Gasteiger partial charge in [-0.2, -0.15) is 22.0 Å². The minimum atomic E-state index is -5.61. The van der Waals surface area contributed by atoms with Crippen LogP contribution >= 0.6 is 15.9 Å². The lowest BCUT2D eigenvalue weighted by Crippen LogP contribution is -2.40. The average Bonchev–Trinajstić information content (AvgIpc) is 2.13. The van der Waals surface area contributed by atoms with Crippen molar-refractivity contribution in [3.63, 3.8) is 0 Å². The van der Waals surface area contributed by atoms with Crippen LogP contribution in [0, 0.1) is 0 Å². The Morgan fingerprint density at radius 3 is 2.22 bits per heavy atom. The fourth-order valence-electron chi connectivity index (χ4n) is 1.14. The minimum absolute atomic E-state index is 0.352. The second-order valence-corrected chi connectivity index (χ2v) is 4.50. The van der Waals surface area contributed by atoms with Crippen LogP contribution in [-0.2, 0) is 11.3 Å². The van der Waals surface area contributed by atoms with Crippen LogP contribution < -0.4 is 5.73 Å². The number of hydrogen-bond donors (Lipinski definition) is 1. The molecule has 1 aromatic carbocycles. The molecular formula is C10H9BrF5NO. The summed E-state index contributed by atoms with van der Waals surface area (Å²) < 4.78 is 65.5. The molecule has 0 bridgehead atoms. The van der Waals surface area contributed by atoms with Gasteiger partial charge in [0, 0.05) is 10.2 Å². The third-order valence-corrected chi connectivity index (χ3v) is 2.40. The highest BCUT2D eigenvalue weighted by atomic mass is 79.9. The van der Waals surface area contributed by atoms with Crippen LogP contribution in [0.15, 0.2) is 22.7 Å². The minimum Gasteiger partial charge on any atom is -0.399 e. The Morgan fingerprint density at radius 1 is 1.11 bits per heavy atom. The van der Waals surface area contributed by atoms with Crippen LogP contribution in [0.4, 0.5) is 27.6 Å². The molecule has 0 unspecified atom stereocenters. The molecule has 0 saturated carbocycles. The van der Waals surface area contributed by atoms with Gasteiger partial charge in [-0.05, 0) is 23.8 Å². The fraction of sp³-hybridized carbons (Fsp3) is 0.400. The van der Waals surface area contributed by atoms with E-state index in [1.807, 2.05) is 0 Å². The van der Waals surface area contributed by atoms with E-state index in [2.05, 4.69) is 20.7 Å². The van der Waals surface area contributed by atoms with E-state index in [9.17, 15) is 22.0 Å². The third-order valence-electron chi connectivity index (χ3n) is 1.95. The van der Waals surface area contributed by atoms with Crippen LogP contribution in [0.2, 0.25) is 0 Å². The van der Waals surface area contributed by atoms with E-state index < -0.39 is 18.7 Å². The number of nitrogen functional groups attached to an aromatic ring is 1. The van der Waals surface area contributed by atoms with Gasteiger partial charge in [0.2, 0.25) is 0 Å². The highest BCUT2D eigenvalue weighted by molar-refractivity contribution is 9.10. The summed E-state index contributed by atoms with van der Waals surface area (Å²) in [5.41, 5.74) is 6.23. The predicted octanol–water partition coefficient (Wildman–Crippen LogP) is 3.75. The molecule has 0 fully saturated rings. The zero-order valence-corrected chi connectivity index (χ0v) is 10.5. The second kappa shape index (κ2) is 5.40. The highest BCUT2D eigenvalue weighted by Crippen LogP contribution is 2.35.